The molecule has 0 bridgehead atoms. The Balaban J connectivity index is 1.97. The second-order valence-electron chi connectivity index (χ2n) is 4.18. The molecule has 2 unspecified atom stereocenters. The molecule has 2 heterocycles. The maximum Gasteiger partial charge on any atom is 0.245 e. The molecular formula is C10H16N2O2. The first-order chi connectivity index (χ1) is 6.68. The number of carbonyl (C=O) groups is 2. The number of amides is 2. The van der Waals surface area contributed by atoms with Crippen molar-refractivity contribution in [1.29, 1.82) is 0 Å². The molecule has 4 heteroatoms. The van der Waals surface area contributed by atoms with Crippen LogP contribution in [-0.4, -0.2) is 35.3 Å². The number of likely N-dealkylation sites (tertiary alicyclic amines) is 1. The van der Waals surface area contributed by atoms with E-state index < -0.39 is 0 Å². The maximum absolute atomic E-state index is 11.9. The minimum absolute atomic E-state index is 0.00944. The quantitative estimate of drug-likeness (QED) is 0.654. The Morgan fingerprint density at radius 3 is 2.79 bits per heavy atom. The highest BCUT2D eigenvalue weighted by atomic mass is 16.2. The van der Waals surface area contributed by atoms with Gasteiger partial charge >= 0.3 is 0 Å². The van der Waals surface area contributed by atoms with Crippen LogP contribution >= 0.6 is 0 Å². The van der Waals surface area contributed by atoms with Gasteiger partial charge in [-0.15, -0.1) is 0 Å². The van der Waals surface area contributed by atoms with Gasteiger partial charge in [0.15, 0.2) is 0 Å². The summed E-state index contributed by atoms with van der Waals surface area (Å²) in [5.41, 5.74) is 0. The molecule has 4 nitrogen and oxygen atoms in total. The van der Waals surface area contributed by atoms with Gasteiger partial charge in [0, 0.05) is 19.0 Å². The Bertz CT molecular complexity index is 265. The van der Waals surface area contributed by atoms with Crippen molar-refractivity contribution < 1.29 is 9.59 Å². The van der Waals surface area contributed by atoms with Crippen molar-refractivity contribution in [2.75, 3.05) is 6.54 Å². The zero-order valence-corrected chi connectivity index (χ0v) is 8.45. The Morgan fingerprint density at radius 1 is 1.50 bits per heavy atom. The van der Waals surface area contributed by atoms with Gasteiger partial charge in [0.25, 0.3) is 0 Å². The first kappa shape index (κ1) is 9.49. The highest BCUT2D eigenvalue weighted by Gasteiger charge is 2.34. The molecule has 2 aliphatic rings. The van der Waals surface area contributed by atoms with Crippen LogP contribution in [0.3, 0.4) is 0 Å². The highest BCUT2D eigenvalue weighted by molar-refractivity contribution is 5.91. The molecule has 2 atom stereocenters. The van der Waals surface area contributed by atoms with Gasteiger partial charge in [-0.05, 0) is 26.2 Å². The summed E-state index contributed by atoms with van der Waals surface area (Å²) in [5.74, 6) is 0.121. The fourth-order valence-electron chi connectivity index (χ4n) is 2.26. The number of hydrogen-bond acceptors (Lipinski definition) is 2. The summed E-state index contributed by atoms with van der Waals surface area (Å²) in [6.45, 7) is 2.92. The smallest absolute Gasteiger partial charge is 0.245 e. The van der Waals surface area contributed by atoms with Crippen molar-refractivity contribution in [3.8, 4) is 0 Å². The molecule has 0 spiro atoms. The second kappa shape index (κ2) is 3.59. The molecule has 2 saturated heterocycles. The predicted molar refractivity (Wildman–Crippen MR) is 51.6 cm³/mol. The number of nitrogens with one attached hydrogen (secondary N) is 1. The largest absolute Gasteiger partial charge is 0.344 e. The molecule has 2 aliphatic heterocycles. The molecule has 0 aromatic carbocycles. The van der Waals surface area contributed by atoms with Crippen LogP contribution in [0.4, 0.5) is 0 Å². The average Bonchev–Trinajstić information content (AvgIpc) is 2.73. The van der Waals surface area contributed by atoms with E-state index >= 15 is 0 Å². The van der Waals surface area contributed by atoms with Crippen LogP contribution in [0.2, 0.25) is 0 Å². The Hall–Kier alpha value is -1.06. The molecule has 0 radical (unpaired) electrons. The van der Waals surface area contributed by atoms with Crippen molar-refractivity contribution in [3.05, 3.63) is 0 Å². The summed E-state index contributed by atoms with van der Waals surface area (Å²) in [4.78, 5) is 24.8. The highest BCUT2D eigenvalue weighted by Crippen LogP contribution is 2.19. The standard InChI is InChI=1S/C10H16N2O2/c1-7-3-2-6-12(7)10(14)8-4-5-9(13)11-8/h7-8H,2-6H2,1H3,(H,11,13). The molecule has 0 aliphatic carbocycles. The molecule has 1 N–H and O–H groups in total. The van der Waals surface area contributed by atoms with Crippen LogP contribution in [-0.2, 0) is 9.59 Å². The van der Waals surface area contributed by atoms with Gasteiger partial charge in [-0.25, -0.2) is 0 Å². The number of carbonyl (C=O) groups excluding carboxylic acids is 2. The van der Waals surface area contributed by atoms with Crippen molar-refractivity contribution in [1.82, 2.24) is 10.2 Å². The third kappa shape index (κ3) is 1.61. The normalized spacial score (nSPS) is 32.1. The lowest BCUT2D eigenvalue weighted by Gasteiger charge is -2.24. The van der Waals surface area contributed by atoms with Gasteiger partial charge in [0.1, 0.15) is 6.04 Å². The van der Waals surface area contributed by atoms with E-state index in [0.717, 1.165) is 19.4 Å². The van der Waals surface area contributed by atoms with Gasteiger partial charge in [0.2, 0.25) is 11.8 Å². The minimum Gasteiger partial charge on any atom is -0.344 e. The minimum atomic E-state index is -0.247. The summed E-state index contributed by atoms with van der Waals surface area (Å²) in [6, 6.07) is 0.100. The Kier molecular flexibility index (Phi) is 2.44. The van der Waals surface area contributed by atoms with Crippen molar-refractivity contribution >= 4 is 11.8 Å². The third-order valence-corrected chi connectivity index (χ3v) is 3.13. The van der Waals surface area contributed by atoms with Crippen molar-refractivity contribution in [2.45, 2.75) is 44.7 Å². The fourth-order valence-corrected chi connectivity index (χ4v) is 2.26. The summed E-state index contributed by atoms with van der Waals surface area (Å²) in [5, 5.41) is 2.72. The fraction of sp³-hybridized carbons (Fsp3) is 0.800. The number of hydrogen-bond donors (Lipinski definition) is 1. The Morgan fingerprint density at radius 2 is 2.29 bits per heavy atom. The third-order valence-electron chi connectivity index (χ3n) is 3.13. The van der Waals surface area contributed by atoms with E-state index in [1.807, 2.05) is 4.90 Å². The van der Waals surface area contributed by atoms with Crippen LogP contribution < -0.4 is 5.32 Å². The molecule has 14 heavy (non-hydrogen) atoms. The zero-order chi connectivity index (χ0) is 10.1. The summed E-state index contributed by atoms with van der Waals surface area (Å²) in [7, 11) is 0. The molecular weight excluding hydrogens is 180 g/mol. The van der Waals surface area contributed by atoms with Crippen LogP contribution in [0.25, 0.3) is 0 Å². The van der Waals surface area contributed by atoms with Gasteiger partial charge < -0.3 is 10.2 Å². The van der Waals surface area contributed by atoms with Gasteiger partial charge in [-0.3, -0.25) is 9.59 Å². The first-order valence-corrected chi connectivity index (χ1v) is 5.28. The molecule has 0 aromatic heterocycles. The van der Waals surface area contributed by atoms with E-state index in [2.05, 4.69) is 12.2 Å². The molecule has 2 fully saturated rings. The van der Waals surface area contributed by atoms with Crippen LogP contribution in [0.5, 0.6) is 0 Å². The van der Waals surface area contributed by atoms with Gasteiger partial charge in [-0.1, -0.05) is 0 Å². The monoisotopic (exact) mass is 196 g/mol. The van der Waals surface area contributed by atoms with Crippen LogP contribution in [0.15, 0.2) is 0 Å². The first-order valence-electron chi connectivity index (χ1n) is 5.28. The lowest BCUT2D eigenvalue weighted by atomic mass is 10.2. The molecule has 2 amide bonds. The molecule has 2 rings (SSSR count). The van der Waals surface area contributed by atoms with Crippen molar-refractivity contribution in [2.24, 2.45) is 0 Å². The van der Waals surface area contributed by atoms with Crippen LogP contribution in [0.1, 0.15) is 32.6 Å². The van der Waals surface area contributed by atoms with Gasteiger partial charge in [-0.2, -0.15) is 0 Å². The predicted octanol–water partition coefficient (Wildman–Crippen LogP) is 0.276. The average molecular weight is 196 g/mol. The van der Waals surface area contributed by atoms with Crippen molar-refractivity contribution in [3.63, 3.8) is 0 Å². The second-order valence-corrected chi connectivity index (χ2v) is 4.18. The number of nitrogens with zero attached hydrogens (tertiary/aromatic N) is 1. The summed E-state index contributed by atoms with van der Waals surface area (Å²) < 4.78 is 0. The number of rotatable bonds is 1. The van der Waals surface area contributed by atoms with E-state index in [1.54, 1.807) is 0 Å². The summed E-state index contributed by atoms with van der Waals surface area (Å²) in [6.07, 6.45) is 3.35. The SMILES string of the molecule is CC1CCCN1C(=O)C1CCC(=O)N1. The van der Waals surface area contributed by atoms with Gasteiger partial charge in [0.05, 0.1) is 0 Å². The zero-order valence-electron chi connectivity index (χ0n) is 8.45. The molecule has 0 aromatic rings. The lowest BCUT2D eigenvalue weighted by Crippen LogP contribution is -2.45. The van der Waals surface area contributed by atoms with E-state index in [9.17, 15) is 9.59 Å². The van der Waals surface area contributed by atoms with E-state index in [4.69, 9.17) is 0 Å². The van der Waals surface area contributed by atoms with Crippen LogP contribution in [0, 0.1) is 0 Å². The Labute approximate surface area is 83.6 Å². The van der Waals surface area contributed by atoms with E-state index in [-0.39, 0.29) is 17.9 Å². The maximum atomic E-state index is 11.9. The molecule has 78 valence electrons. The van der Waals surface area contributed by atoms with E-state index in [1.165, 1.54) is 0 Å². The van der Waals surface area contributed by atoms with E-state index in [0.29, 0.717) is 18.9 Å². The molecule has 0 saturated carbocycles. The topological polar surface area (TPSA) is 49.4 Å². The lowest BCUT2D eigenvalue weighted by molar-refractivity contribution is -0.134. The summed E-state index contributed by atoms with van der Waals surface area (Å²) >= 11 is 0.